The van der Waals surface area contributed by atoms with Crippen molar-refractivity contribution in [1.29, 1.82) is 0 Å². The van der Waals surface area contributed by atoms with Gasteiger partial charge in [0.2, 0.25) is 5.91 Å². The molecule has 1 aromatic heterocycles. The third kappa shape index (κ3) is 3.17. The van der Waals surface area contributed by atoms with Gasteiger partial charge < -0.3 is 4.74 Å². The highest BCUT2D eigenvalue weighted by molar-refractivity contribution is 7.17. The molecule has 0 saturated heterocycles. The summed E-state index contributed by atoms with van der Waals surface area (Å²) < 4.78 is 5.14. The van der Waals surface area contributed by atoms with Gasteiger partial charge in [0, 0.05) is 16.0 Å². The van der Waals surface area contributed by atoms with E-state index in [4.69, 9.17) is 4.74 Å². The van der Waals surface area contributed by atoms with Crippen LogP contribution in [0.5, 0.6) is 0 Å². The molecule has 1 aromatic carbocycles. The lowest BCUT2D eigenvalue weighted by Crippen LogP contribution is -2.45. The molecule has 2 heterocycles. The van der Waals surface area contributed by atoms with E-state index in [9.17, 15) is 9.59 Å². The molecule has 0 aliphatic carbocycles. The Morgan fingerprint density at radius 2 is 2.00 bits per heavy atom. The Hall–Kier alpha value is -2.47. The average molecular weight is 370 g/mol. The summed E-state index contributed by atoms with van der Waals surface area (Å²) in [6.45, 7) is 7.81. The van der Waals surface area contributed by atoms with E-state index in [1.54, 1.807) is 18.7 Å². The molecular formula is C20H22N2O3S. The zero-order valence-corrected chi connectivity index (χ0v) is 16.2. The standard InChI is InChI=1S/C20H22N2O3S/c1-5-25-20(24)13(3)22-16(23)11-21-18(15-9-7-6-8-10-15)17-12(2)14(4)26-19(17)22/h6-10,13H,5,11H2,1-4H3. The number of rotatable bonds is 4. The molecule has 1 aliphatic rings. The van der Waals surface area contributed by atoms with Gasteiger partial charge in [0.15, 0.2) is 0 Å². The first-order valence-electron chi connectivity index (χ1n) is 8.64. The SMILES string of the molecule is CCOC(=O)C(C)N1C(=O)CN=C(c2ccccc2)c2c1sc(C)c2C. The third-order valence-electron chi connectivity index (χ3n) is 4.53. The molecule has 26 heavy (non-hydrogen) atoms. The van der Waals surface area contributed by atoms with Gasteiger partial charge in [-0.1, -0.05) is 30.3 Å². The fourth-order valence-electron chi connectivity index (χ4n) is 3.06. The van der Waals surface area contributed by atoms with E-state index in [1.807, 2.05) is 44.2 Å². The largest absolute Gasteiger partial charge is 0.464 e. The van der Waals surface area contributed by atoms with E-state index in [0.29, 0.717) is 0 Å². The number of thiophene rings is 1. The van der Waals surface area contributed by atoms with Crippen molar-refractivity contribution in [1.82, 2.24) is 0 Å². The predicted molar refractivity (Wildman–Crippen MR) is 104 cm³/mol. The topological polar surface area (TPSA) is 59.0 Å². The number of carbonyl (C=O) groups excluding carboxylic acids is 2. The molecule has 1 unspecified atom stereocenters. The second kappa shape index (κ2) is 7.41. The number of benzene rings is 1. The van der Waals surface area contributed by atoms with Crippen LogP contribution in [0.1, 0.15) is 35.4 Å². The molecule has 3 rings (SSSR count). The smallest absolute Gasteiger partial charge is 0.328 e. The Bertz CT molecular complexity index is 871. The van der Waals surface area contributed by atoms with Gasteiger partial charge in [-0.2, -0.15) is 0 Å². The maximum Gasteiger partial charge on any atom is 0.328 e. The summed E-state index contributed by atoms with van der Waals surface area (Å²) in [6, 6.07) is 9.15. The number of carbonyl (C=O) groups is 2. The number of ether oxygens (including phenoxy) is 1. The number of hydrogen-bond acceptors (Lipinski definition) is 5. The average Bonchev–Trinajstić information content (AvgIpc) is 2.83. The van der Waals surface area contributed by atoms with Gasteiger partial charge in [0.1, 0.15) is 17.6 Å². The lowest BCUT2D eigenvalue weighted by atomic mass is 10.00. The minimum atomic E-state index is -0.691. The van der Waals surface area contributed by atoms with Gasteiger partial charge >= 0.3 is 5.97 Å². The summed E-state index contributed by atoms with van der Waals surface area (Å²) >= 11 is 1.52. The fraction of sp³-hybridized carbons (Fsp3) is 0.350. The van der Waals surface area contributed by atoms with E-state index >= 15 is 0 Å². The van der Waals surface area contributed by atoms with Crippen LogP contribution >= 0.6 is 11.3 Å². The number of fused-ring (bicyclic) bond motifs is 1. The molecule has 136 valence electrons. The van der Waals surface area contributed by atoms with Crippen LogP contribution in [0.25, 0.3) is 0 Å². The minimum absolute atomic E-state index is 0.00780. The minimum Gasteiger partial charge on any atom is -0.464 e. The van der Waals surface area contributed by atoms with E-state index in [-0.39, 0.29) is 19.1 Å². The maximum absolute atomic E-state index is 12.8. The Labute approximate surface area is 157 Å². The Kier molecular flexibility index (Phi) is 5.23. The van der Waals surface area contributed by atoms with Crippen LogP contribution in [0.15, 0.2) is 35.3 Å². The van der Waals surface area contributed by atoms with Crippen LogP contribution in [0.4, 0.5) is 5.00 Å². The number of anilines is 1. The van der Waals surface area contributed by atoms with Crippen molar-refractivity contribution in [2.75, 3.05) is 18.1 Å². The summed E-state index contributed by atoms with van der Waals surface area (Å²) in [5.74, 6) is -0.599. The van der Waals surface area contributed by atoms with E-state index in [0.717, 1.165) is 32.3 Å². The van der Waals surface area contributed by atoms with Crippen molar-refractivity contribution in [2.45, 2.75) is 33.7 Å². The van der Waals surface area contributed by atoms with E-state index < -0.39 is 12.0 Å². The van der Waals surface area contributed by atoms with Crippen LogP contribution in [-0.2, 0) is 14.3 Å². The first-order chi connectivity index (χ1) is 12.5. The van der Waals surface area contributed by atoms with Crippen LogP contribution in [-0.4, -0.2) is 36.8 Å². The highest BCUT2D eigenvalue weighted by atomic mass is 32.1. The summed E-state index contributed by atoms with van der Waals surface area (Å²) in [5, 5.41) is 0.769. The molecule has 0 spiro atoms. The fourth-order valence-corrected chi connectivity index (χ4v) is 4.32. The molecule has 0 N–H and O–H groups in total. The zero-order chi connectivity index (χ0) is 18.8. The van der Waals surface area contributed by atoms with Crippen molar-refractivity contribution >= 4 is 33.9 Å². The third-order valence-corrected chi connectivity index (χ3v) is 5.73. The monoisotopic (exact) mass is 370 g/mol. The molecule has 1 atom stereocenters. The molecule has 1 aliphatic heterocycles. The van der Waals surface area contributed by atoms with Crippen LogP contribution in [0, 0.1) is 13.8 Å². The van der Waals surface area contributed by atoms with Crippen LogP contribution in [0.2, 0.25) is 0 Å². The molecule has 5 nitrogen and oxygen atoms in total. The summed E-state index contributed by atoms with van der Waals surface area (Å²) in [4.78, 5) is 32.4. The molecule has 0 bridgehead atoms. The molecule has 0 radical (unpaired) electrons. The predicted octanol–water partition coefficient (Wildman–Crippen LogP) is 3.50. The van der Waals surface area contributed by atoms with Crippen molar-refractivity contribution in [3.63, 3.8) is 0 Å². The molecule has 0 saturated carbocycles. The number of aryl methyl sites for hydroxylation is 1. The molecular weight excluding hydrogens is 348 g/mol. The van der Waals surface area contributed by atoms with Gasteiger partial charge in [-0.05, 0) is 33.3 Å². The number of aliphatic imine (C=N–C) groups is 1. The first kappa shape index (κ1) is 18.3. The van der Waals surface area contributed by atoms with Crippen molar-refractivity contribution in [2.24, 2.45) is 4.99 Å². The normalized spacial score (nSPS) is 15.2. The zero-order valence-electron chi connectivity index (χ0n) is 15.4. The first-order valence-corrected chi connectivity index (χ1v) is 9.46. The Morgan fingerprint density at radius 1 is 1.31 bits per heavy atom. The lowest BCUT2D eigenvalue weighted by Gasteiger charge is -2.26. The van der Waals surface area contributed by atoms with E-state index in [1.165, 1.54) is 11.3 Å². The maximum atomic E-state index is 12.8. The van der Waals surface area contributed by atoms with Crippen LogP contribution < -0.4 is 4.90 Å². The molecule has 1 amide bonds. The summed E-state index contributed by atoms with van der Waals surface area (Å²) in [5.41, 5.74) is 3.78. The van der Waals surface area contributed by atoms with Gasteiger partial charge in [-0.25, -0.2) is 4.79 Å². The van der Waals surface area contributed by atoms with Gasteiger partial charge in [0.25, 0.3) is 0 Å². The van der Waals surface area contributed by atoms with Gasteiger partial charge in [-0.15, -0.1) is 11.3 Å². The van der Waals surface area contributed by atoms with Crippen LogP contribution in [0.3, 0.4) is 0 Å². The highest BCUT2D eigenvalue weighted by Gasteiger charge is 2.35. The number of nitrogens with zero attached hydrogens (tertiary/aromatic N) is 2. The number of hydrogen-bond donors (Lipinski definition) is 0. The molecule has 0 fully saturated rings. The molecule has 6 heteroatoms. The van der Waals surface area contributed by atoms with E-state index in [2.05, 4.69) is 4.99 Å². The second-order valence-corrected chi connectivity index (χ2v) is 7.39. The number of amides is 1. The Balaban J connectivity index is 2.15. The van der Waals surface area contributed by atoms with Gasteiger partial charge in [0.05, 0.1) is 12.3 Å². The summed E-state index contributed by atoms with van der Waals surface area (Å²) in [7, 11) is 0. The van der Waals surface area contributed by atoms with Crippen molar-refractivity contribution in [3.8, 4) is 0 Å². The van der Waals surface area contributed by atoms with Gasteiger partial charge in [-0.3, -0.25) is 14.7 Å². The highest BCUT2D eigenvalue weighted by Crippen LogP contribution is 2.39. The lowest BCUT2D eigenvalue weighted by molar-refractivity contribution is -0.145. The Morgan fingerprint density at radius 3 is 2.65 bits per heavy atom. The van der Waals surface area contributed by atoms with Crippen molar-refractivity contribution in [3.05, 3.63) is 51.9 Å². The summed E-state index contributed by atoms with van der Waals surface area (Å²) in [6.07, 6.45) is 0. The quantitative estimate of drug-likeness (QED) is 0.774. The second-order valence-electron chi connectivity index (χ2n) is 6.19. The molecule has 2 aromatic rings. The van der Waals surface area contributed by atoms with Crippen molar-refractivity contribution < 1.29 is 14.3 Å². The number of esters is 1.